The predicted molar refractivity (Wildman–Crippen MR) is 95.9 cm³/mol. The zero-order valence-electron chi connectivity index (χ0n) is 9.30. The molecule has 1 saturated heterocycles. The fraction of sp³-hybridized carbons (Fsp3) is 0. The van der Waals surface area contributed by atoms with E-state index in [-0.39, 0.29) is 0 Å². The highest BCUT2D eigenvalue weighted by Gasteiger charge is 2.45. The minimum absolute atomic E-state index is 1.30. The maximum atomic E-state index is 5.85. The maximum absolute atomic E-state index is 5.85. The standard InChI is InChI=1S/C12H10P2S4/c15-13(11-7-3-1-4-8-11)17-14(16,18-13)12-9-5-2-6-10-12/h1-10H. The summed E-state index contributed by atoms with van der Waals surface area (Å²) in [5, 5.41) is 2.60. The number of benzene rings is 2. The lowest BCUT2D eigenvalue weighted by Gasteiger charge is -2.40. The van der Waals surface area contributed by atoms with Crippen molar-refractivity contribution in [2.24, 2.45) is 0 Å². The summed E-state index contributed by atoms with van der Waals surface area (Å²) in [4.78, 5) is 0. The molecular formula is C12H10P2S4. The highest BCUT2D eigenvalue weighted by Crippen LogP contribution is 3.04. The molecule has 1 fully saturated rings. The Morgan fingerprint density at radius 1 is 0.611 bits per heavy atom. The minimum atomic E-state index is -1.52. The van der Waals surface area contributed by atoms with Gasteiger partial charge in [0.2, 0.25) is 0 Å². The van der Waals surface area contributed by atoms with Gasteiger partial charge in [-0.25, -0.2) is 0 Å². The lowest BCUT2D eigenvalue weighted by Crippen LogP contribution is -2.08. The third-order valence-electron chi connectivity index (χ3n) is 2.57. The van der Waals surface area contributed by atoms with Crippen LogP contribution in [0.15, 0.2) is 60.7 Å². The molecule has 0 bridgehead atoms. The van der Waals surface area contributed by atoms with Crippen LogP contribution in [0.4, 0.5) is 0 Å². The monoisotopic (exact) mass is 344 g/mol. The van der Waals surface area contributed by atoms with E-state index in [4.69, 9.17) is 23.6 Å². The van der Waals surface area contributed by atoms with E-state index in [1.54, 1.807) is 0 Å². The molecule has 0 saturated carbocycles. The fourth-order valence-corrected chi connectivity index (χ4v) is 44.0. The number of hydrogen-bond acceptors (Lipinski definition) is 4. The molecule has 0 aromatic heterocycles. The molecule has 18 heavy (non-hydrogen) atoms. The average Bonchev–Trinajstić information content (AvgIpc) is 2.39. The van der Waals surface area contributed by atoms with Crippen LogP contribution >= 0.6 is 30.9 Å². The molecule has 0 spiro atoms. The van der Waals surface area contributed by atoms with Crippen LogP contribution in [0.1, 0.15) is 0 Å². The first-order valence-corrected chi connectivity index (χ1v) is 15.0. The van der Waals surface area contributed by atoms with Gasteiger partial charge in [0.05, 0.1) is 8.88 Å². The molecule has 0 atom stereocenters. The summed E-state index contributed by atoms with van der Waals surface area (Å²) in [6.07, 6.45) is 0. The summed E-state index contributed by atoms with van der Waals surface area (Å²) in [6.45, 7) is 0. The molecular weight excluding hydrogens is 334 g/mol. The highest BCUT2D eigenvalue weighted by molar-refractivity contribution is 9.48. The third kappa shape index (κ3) is 2.40. The van der Waals surface area contributed by atoms with E-state index in [2.05, 4.69) is 48.5 Å². The van der Waals surface area contributed by atoms with E-state index in [1.165, 1.54) is 10.6 Å². The Kier molecular flexibility index (Phi) is 3.79. The van der Waals surface area contributed by atoms with Crippen LogP contribution in [0.5, 0.6) is 0 Å². The van der Waals surface area contributed by atoms with Gasteiger partial charge in [-0.2, -0.15) is 0 Å². The normalized spacial score (nSPS) is 30.7. The van der Waals surface area contributed by atoms with Crippen molar-refractivity contribution >= 4 is 65.1 Å². The largest absolute Gasteiger partial charge is 0.0965 e. The third-order valence-corrected chi connectivity index (χ3v) is 33.8. The second-order valence-corrected chi connectivity index (χ2v) is 25.1. The zero-order chi connectivity index (χ0) is 12.6. The molecule has 92 valence electrons. The van der Waals surface area contributed by atoms with Crippen molar-refractivity contribution in [2.45, 2.75) is 0 Å². The van der Waals surface area contributed by atoms with Crippen molar-refractivity contribution in [1.29, 1.82) is 0 Å². The van der Waals surface area contributed by atoms with Gasteiger partial charge in [0.1, 0.15) is 0 Å². The van der Waals surface area contributed by atoms with Crippen LogP contribution in [0.3, 0.4) is 0 Å². The summed E-state index contributed by atoms with van der Waals surface area (Å²) in [5.74, 6) is 0. The second kappa shape index (κ2) is 5.09. The molecule has 3 rings (SSSR count). The van der Waals surface area contributed by atoms with Crippen molar-refractivity contribution in [3.05, 3.63) is 60.7 Å². The number of rotatable bonds is 2. The molecule has 1 aliphatic rings. The summed E-state index contributed by atoms with van der Waals surface area (Å²) >= 11 is 15.5. The van der Waals surface area contributed by atoms with Crippen molar-refractivity contribution < 1.29 is 0 Å². The van der Waals surface area contributed by atoms with E-state index in [9.17, 15) is 0 Å². The Balaban J connectivity index is 1.89. The second-order valence-electron chi connectivity index (χ2n) is 3.83. The summed E-state index contributed by atoms with van der Waals surface area (Å²) in [6, 6.07) is 20.9. The summed E-state index contributed by atoms with van der Waals surface area (Å²) in [5.41, 5.74) is 0. The Morgan fingerprint density at radius 2 is 0.944 bits per heavy atom. The molecule has 6 heteroatoms. The lowest BCUT2D eigenvalue weighted by atomic mass is 10.4. The Bertz CT molecular complexity index is 583. The van der Waals surface area contributed by atoms with Crippen LogP contribution in [0, 0.1) is 0 Å². The molecule has 0 nitrogen and oxygen atoms in total. The lowest BCUT2D eigenvalue weighted by molar-refractivity contribution is 1.78. The van der Waals surface area contributed by atoms with Gasteiger partial charge in [0.15, 0.2) is 0 Å². The van der Waals surface area contributed by atoms with Crippen molar-refractivity contribution in [3.8, 4) is 0 Å². The minimum Gasteiger partial charge on any atom is -0.0685 e. The molecule has 0 amide bonds. The first kappa shape index (κ1) is 13.4. The smallest absolute Gasteiger partial charge is 0.0685 e. The first-order valence-electron chi connectivity index (χ1n) is 5.36. The van der Waals surface area contributed by atoms with Crippen LogP contribution in [-0.4, -0.2) is 0 Å². The topological polar surface area (TPSA) is 0 Å². The van der Waals surface area contributed by atoms with Crippen LogP contribution in [0.2, 0.25) is 0 Å². The molecule has 1 aliphatic heterocycles. The Hall–Kier alpha value is 0.440. The van der Waals surface area contributed by atoms with Gasteiger partial charge in [-0.1, -0.05) is 106 Å². The van der Waals surface area contributed by atoms with Gasteiger partial charge in [-0.05, 0) is 0 Å². The SMILES string of the molecule is S=P1(c2ccccc2)SP(=S)(c2ccccc2)S1. The number of hydrogen-bond donors (Lipinski definition) is 0. The van der Waals surface area contributed by atoms with Gasteiger partial charge in [-0.15, -0.1) is 0 Å². The Labute approximate surface area is 125 Å². The molecule has 0 radical (unpaired) electrons. The van der Waals surface area contributed by atoms with E-state index in [0.29, 0.717) is 0 Å². The van der Waals surface area contributed by atoms with Gasteiger partial charge in [-0.3, -0.25) is 0 Å². The van der Waals surface area contributed by atoms with E-state index >= 15 is 0 Å². The van der Waals surface area contributed by atoms with Gasteiger partial charge in [0, 0.05) is 10.6 Å². The van der Waals surface area contributed by atoms with E-state index in [1.807, 2.05) is 34.1 Å². The fourth-order valence-electron chi connectivity index (χ4n) is 1.70. The van der Waals surface area contributed by atoms with Gasteiger partial charge >= 0.3 is 0 Å². The van der Waals surface area contributed by atoms with E-state index < -0.39 is 8.88 Å². The molecule has 2 aromatic carbocycles. The van der Waals surface area contributed by atoms with Gasteiger partial charge in [0.25, 0.3) is 0 Å². The van der Waals surface area contributed by atoms with Crippen molar-refractivity contribution in [3.63, 3.8) is 0 Å². The quantitative estimate of drug-likeness (QED) is 0.722. The highest BCUT2D eigenvalue weighted by atomic mass is 33.7. The summed E-state index contributed by atoms with van der Waals surface area (Å²) < 4.78 is -3.04. The zero-order valence-corrected chi connectivity index (χ0v) is 14.4. The Morgan fingerprint density at radius 3 is 1.28 bits per heavy atom. The van der Waals surface area contributed by atoms with Gasteiger partial charge < -0.3 is 0 Å². The van der Waals surface area contributed by atoms with E-state index in [0.717, 1.165) is 0 Å². The van der Waals surface area contributed by atoms with Crippen molar-refractivity contribution in [2.75, 3.05) is 0 Å². The summed E-state index contributed by atoms with van der Waals surface area (Å²) in [7, 11) is 0. The first-order chi connectivity index (χ1) is 8.62. The maximum Gasteiger partial charge on any atom is 0.0965 e. The average molecular weight is 344 g/mol. The predicted octanol–water partition coefficient (Wildman–Crippen LogP) is 4.74. The molecule has 1 heterocycles. The molecule has 0 aliphatic carbocycles. The van der Waals surface area contributed by atoms with Crippen LogP contribution < -0.4 is 10.6 Å². The van der Waals surface area contributed by atoms with Crippen LogP contribution in [0.25, 0.3) is 0 Å². The van der Waals surface area contributed by atoms with Crippen molar-refractivity contribution in [1.82, 2.24) is 0 Å². The molecule has 0 N–H and O–H groups in total. The molecule has 0 unspecified atom stereocenters. The molecule has 2 aromatic rings. The van der Waals surface area contributed by atoms with Crippen LogP contribution in [-0.2, 0) is 23.6 Å².